The molecular weight excluding hydrogens is 286 g/mol. The number of hydrogen-bond donors (Lipinski definition) is 1. The van der Waals surface area contributed by atoms with Crippen molar-refractivity contribution in [1.29, 1.82) is 0 Å². The predicted molar refractivity (Wildman–Crippen MR) is 67.8 cm³/mol. The minimum absolute atomic E-state index is 0.0302. The van der Waals surface area contributed by atoms with Gasteiger partial charge in [0.15, 0.2) is 0 Å². The lowest BCUT2D eigenvalue weighted by Gasteiger charge is -2.27. The molecular formula is C11H14BrN3O2. The van der Waals surface area contributed by atoms with Gasteiger partial charge in [0, 0.05) is 13.1 Å². The zero-order valence-corrected chi connectivity index (χ0v) is 11.2. The summed E-state index contributed by atoms with van der Waals surface area (Å²) in [4.78, 5) is 18.1. The number of halogens is 1. The van der Waals surface area contributed by atoms with Crippen LogP contribution in [0, 0.1) is 6.92 Å². The van der Waals surface area contributed by atoms with Crippen molar-refractivity contribution in [2.24, 2.45) is 0 Å². The minimum Gasteiger partial charge on any atom is -0.384 e. The van der Waals surface area contributed by atoms with Crippen LogP contribution in [0.3, 0.4) is 0 Å². The van der Waals surface area contributed by atoms with Gasteiger partial charge in [0.1, 0.15) is 5.82 Å². The standard InChI is InChI=1S/C11H14BrN3O2/c1-7-10(12)8(6-9(13)14-7)11(16)15-2-4-17-5-3-15/h6H,2-5H2,1H3,(H2,13,14). The molecule has 6 heteroatoms. The second kappa shape index (κ2) is 5.01. The molecule has 2 heterocycles. The summed E-state index contributed by atoms with van der Waals surface area (Å²) in [5.41, 5.74) is 6.96. The summed E-state index contributed by atoms with van der Waals surface area (Å²) in [6, 6.07) is 1.61. The molecule has 0 bridgehead atoms. The van der Waals surface area contributed by atoms with Gasteiger partial charge < -0.3 is 15.4 Å². The van der Waals surface area contributed by atoms with E-state index >= 15 is 0 Å². The Labute approximate surface area is 108 Å². The van der Waals surface area contributed by atoms with Crippen molar-refractivity contribution in [3.05, 3.63) is 21.8 Å². The van der Waals surface area contributed by atoms with Gasteiger partial charge in [-0.15, -0.1) is 0 Å². The molecule has 17 heavy (non-hydrogen) atoms. The molecule has 2 N–H and O–H groups in total. The maximum atomic E-state index is 12.3. The van der Waals surface area contributed by atoms with E-state index in [1.807, 2.05) is 6.92 Å². The normalized spacial score (nSPS) is 16.0. The molecule has 0 aromatic carbocycles. The molecule has 0 atom stereocenters. The van der Waals surface area contributed by atoms with E-state index in [4.69, 9.17) is 10.5 Å². The first-order valence-electron chi connectivity index (χ1n) is 5.39. The molecule has 5 nitrogen and oxygen atoms in total. The van der Waals surface area contributed by atoms with Gasteiger partial charge in [-0.2, -0.15) is 0 Å². The van der Waals surface area contributed by atoms with Gasteiger partial charge >= 0.3 is 0 Å². The third-order valence-electron chi connectivity index (χ3n) is 2.67. The summed E-state index contributed by atoms with van der Waals surface area (Å²) in [5.74, 6) is 0.333. The van der Waals surface area contributed by atoms with E-state index < -0.39 is 0 Å². The molecule has 2 rings (SSSR count). The van der Waals surface area contributed by atoms with Crippen LogP contribution in [-0.4, -0.2) is 42.1 Å². The fraction of sp³-hybridized carbons (Fsp3) is 0.455. The van der Waals surface area contributed by atoms with E-state index in [9.17, 15) is 4.79 Å². The summed E-state index contributed by atoms with van der Waals surface area (Å²) in [7, 11) is 0. The summed E-state index contributed by atoms with van der Waals surface area (Å²) < 4.78 is 5.93. The van der Waals surface area contributed by atoms with E-state index in [0.717, 1.165) is 5.69 Å². The number of pyridine rings is 1. The first-order chi connectivity index (χ1) is 8.09. The van der Waals surface area contributed by atoms with Crippen molar-refractivity contribution in [2.75, 3.05) is 32.0 Å². The number of amides is 1. The second-order valence-corrected chi connectivity index (χ2v) is 4.69. The third kappa shape index (κ3) is 2.58. The van der Waals surface area contributed by atoms with E-state index in [1.165, 1.54) is 0 Å². The Bertz CT molecular complexity index is 445. The average Bonchev–Trinajstić information content (AvgIpc) is 2.34. The molecule has 1 aliphatic heterocycles. The number of aromatic nitrogens is 1. The van der Waals surface area contributed by atoms with Crippen LogP contribution in [0.25, 0.3) is 0 Å². The first kappa shape index (κ1) is 12.3. The van der Waals surface area contributed by atoms with Crippen molar-refractivity contribution >= 4 is 27.7 Å². The van der Waals surface area contributed by atoms with Gasteiger partial charge in [0.25, 0.3) is 5.91 Å². The van der Waals surface area contributed by atoms with Crippen LogP contribution in [0.2, 0.25) is 0 Å². The lowest BCUT2D eigenvalue weighted by Crippen LogP contribution is -2.40. The fourth-order valence-corrected chi connectivity index (χ4v) is 2.15. The van der Waals surface area contributed by atoms with Gasteiger partial charge in [-0.25, -0.2) is 4.98 Å². The molecule has 0 saturated carbocycles. The number of nitrogens with zero attached hydrogens (tertiary/aromatic N) is 2. The van der Waals surface area contributed by atoms with Gasteiger partial charge in [0.2, 0.25) is 0 Å². The summed E-state index contributed by atoms with van der Waals surface area (Å²) in [5, 5.41) is 0. The number of nitrogen functional groups attached to an aromatic ring is 1. The number of rotatable bonds is 1. The zero-order valence-electron chi connectivity index (χ0n) is 9.57. The minimum atomic E-state index is -0.0302. The van der Waals surface area contributed by atoms with E-state index in [2.05, 4.69) is 20.9 Å². The number of anilines is 1. The lowest BCUT2D eigenvalue weighted by molar-refractivity contribution is 0.0302. The Kier molecular flexibility index (Phi) is 3.63. The van der Waals surface area contributed by atoms with Crippen molar-refractivity contribution in [3.63, 3.8) is 0 Å². The zero-order chi connectivity index (χ0) is 12.4. The van der Waals surface area contributed by atoms with E-state index in [1.54, 1.807) is 11.0 Å². The number of carbonyl (C=O) groups is 1. The summed E-state index contributed by atoms with van der Waals surface area (Å²) in [6.07, 6.45) is 0. The smallest absolute Gasteiger partial charge is 0.255 e. The van der Waals surface area contributed by atoms with Crippen LogP contribution >= 0.6 is 15.9 Å². The van der Waals surface area contributed by atoms with Crippen molar-refractivity contribution < 1.29 is 9.53 Å². The summed E-state index contributed by atoms with van der Waals surface area (Å²) >= 11 is 3.38. The van der Waals surface area contributed by atoms with Crippen molar-refractivity contribution in [3.8, 4) is 0 Å². The first-order valence-corrected chi connectivity index (χ1v) is 6.18. The molecule has 0 aliphatic carbocycles. The molecule has 0 radical (unpaired) electrons. The molecule has 0 unspecified atom stereocenters. The molecule has 1 saturated heterocycles. The largest absolute Gasteiger partial charge is 0.384 e. The van der Waals surface area contributed by atoms with Crippen molar-refractivity contribution in [1.82, 2.24) is 9.88 Å². The molecule has 1 fully saturated rings. The van der Waals surface area contributed by atoms with Gasteiger partial charge in [-0.3, -0.25) is 4.79 Å². The van der Waals surface area contributed by atoms with Crippen LogP contribution < -0.4 is 5.73 Å². The number of ether oxygens (including phenoxy) is 1. The lowest BCUT2D eigenvalue weighted by atomic mass is 10.2. The highest BCUT2D eigenvalue weighted by Crippen LogP contribution is 2.23. The van der Waals surface area contributed by atoms with Gasteiger partial charge in [0.05, 0.1) is 28.9 Å². The molecule has 0 spiro atoms. The monoisotopic (exact) mass is 299 g/mol. The summed E-state index contributed by atoms with van der Waals surface area (Å²) in [6.45, 7) is 4.22. The molecule has 1 aromatic rings. The highest BCUT2D eigenvalue weighted by Gasteiger charge is 2.21. The number of carbonyl (C=O) groups excluding carboxylic acids is 1. The number of nitrogens with two attached hydrogens (primary N) is 1. The Hall–Kier alpha value is -1.14. The molecule has 1 aliphatic rings. The Morgan fingerprint density at radius 3 is 2.82 bits per heavy atom. The van der Waals surface area contributed by atoms with Crippen LogP contribution in [0.15, 0.2) is 10.5 Å². The highest BCUT2D eigenvalue weighted by atomic mass is 79.9. The van der Waals surface area contributed by atoms with Crippen molar-refractivity contribution in [2.45, 2.75) is 6.92 Å². The molecule has 1 amide bonds. The number of aryl methyl sites for hydroxylation is 1. The second-order valence-electron chi connectivity index (χ2n) is 3.90. The van der Waals surface area contributed by atoms with Gasteiger partial charge in [-0.1, -0.05) is 0 Å². The number of hydrogen-bond acceptors (Lipinski definition) is 4. The van der Waals surface area contributed by atoms with Crippen LogP contribution in [0.5, 0.6) is 0 Å². The Balaban J connectivity index is 2.29. The Morgan fingerprint density at radius 1 is 1.53 bits per heavy atom. The maximum absolute atomic E-state index is 12.3. The van der Waals surface area contributed by atoms with Gasteiger partial charge in [-0.05, 0) is 28.9 Å². The highest BCUT2D eigenvalue weighted by molar-refractivity contribution is 9.10. The predicted octanol–water partition coefficient (Wildman–Crippen LogP) is 1.21. The average molecular weight is 300 g/mol. The van der Waals surface area contributed by atoms with Crippen LogP contribution in [-0.2, 0) is 4.74 Å². The maximum Gasteiger partial charge on any atom is 0.255 e. The third-order valence-corrected chi connectivity index (χ3v) is 3.67. The topological polar surface area (TPSA) is 68.5 Å². The van der Waals surface area contributed by atoms with Crippen LogP contribution in [0.1, 0.15) is 16.1 Å². The Morgan fingerprint density at radius 2 is 2.18 bits per heavy atom. The van der Waals surface area contributed by atoms with Crippen LogP contribution in [0.4, 0.5) is 5.82 Å². The quantitative estimate of drug-likeness (QED) is 0.846. The van der Waals surface area contributed by atoms with E-state index in [0.29, 0.717) is 42.2 Å². The number of morpholine rings is 1. The molecule has 92 valence electrons. The fourth-order valence-electron chi connectivity index (χ4n) is 1.77. The molecule has 1 aromatic heterocycles. The SMILES string of the molecule is Cc1nc(N)cc(C(=O)N2CCOCC2)c1Br. The van der Waals surface area contributed by atoms with E-state index in [-0.39, 0.29) is 5.91 Å².